The lowest BCUT2D eigenvalue weighted by molar-refractivity contribution is 0.300. The maximum atomic E-state index is 13.7. The predicted molar refractivity (Wildman–Crippen MR) is 78.7 cm³/mol. The van der Waals surface area contributed by atoms with Gasteiger partial charge in [-0.1, -0.05) is 12.1 Å². The number of aromatic nitrogens is 1. The van der Waals surface area contributed by atoms with Gasteiger partial charge in [0.1, 0.15) is 23.9 Å². The number of nitrogens with zero attached hydrogens (tertiary/aromatic N) is 1. The van der Waals surface area contributed by atoms with Crippen LogP contribution in [0, 0.1) is 19.7 Å². The molecule has 1 aromatic heterocycles. The predicted octanol–water partition coefficient (Wildman–Crippen LogP) is 3.29. The fourth-order valence-electron chi connectivity index (χ4n) is 2.13. The maximum absolute atomic E-state index is 13.7. The van der Waals surface area contributed by atoms with Crippen LogP contribution in [0.3, 0.4) is 0 Å². The third-order valence-corrected chi connectivity index (χ3v) is 3.52. The molecular formula is C16H21FN2O2. The molecule has 0 aliphatic rings. The Labute approximate surface area is 124 Å². The van der Waals surface area contributed by atoms with Crippen molar-refractivity contribution >= 4 is 0 Å². The summed E-state index contributed by atoms with van der Waals surface area (Å²) in [5.41, 5.74) is 8.44. The van der Waals surface area contributed by atoms with E-state index in [4.69, 9.17) is 15.0 Å². The second kappa shape index (κ2) is 6.72. The minimum absolute atomic E-state index is 0.0298. The minimum Gasteiger partial charge on any atom is -0.489 e. The first-order valence-corrected chi connectivity index (χ1v) is 7.09. The highest BCUT2D eigenvalue weighted by molar-refractivity contribution is 5.31. The lowest BCUT2D eigenvalue weighted by Gasteiger charge is -2.11. The van der Waals surface area contributed by atoms with E-state index >= 15 is 0 Å². The summed E-state index contributed by atoms with van der Waals surface area (Å²) in [5.74, 6) is 0.898. The van der Waals surface area contributed by atoms with Gasteiger partial charge in [0.15, 0.2) is 0 Å². The van der Waals surface area contributed by atoms with Crippen molar-refractivity contribution < 1.29 is 13.7 Å². The van der Waals surface area contributed by atoms with Gasteiger partial charge in [-0.05, 0) is 44.4 Å². The standard InChI is InChI=1S/C16H21FN2O2/c1-4-14(18)6-12-5-13(17)8-15(7-12)20-9-16-10(2)19-21-11(16)3/h5,7-8,14H,4,6,9,18H2,1-3H3. The molecule has 0 aliphatic heterocycles. The normalized spacial score (nSPS) is 12.4. The van der Waals surface area contributed by atoms with Crippen LogP contribution in [0.2, 0.25) is 0 Å². The summed E-state index contributed by atoms with van der Waals surface area (Å²) in [7, 11) is 0. The molecule has 1 heterocycles. The van der Waals surface area contributed by atoms with Gasteiger partial charge in [-0.2, -0.15) is 0 Å². The van der Waals surface area contributed by atoms with Crippen molar-refractivity contribution in [3.8, 4) is 5.75 Å². The summed E-state index contributed by atoms with van der Waals surface area (Å²) in [5, 5.41) is 3.87. The van der Waals surface area contributed by atoms with E-state index in [1.165, 1.54) is 12.1 Å². The molecule has 0 radical (unpaired) electrons. The van der Waals surface area contributed by atoms with E-state index in [0.717, 1.165) is 29.0 Å². The molecule has 1 aromatic carbocycles. The molecule has 0 aliphatic carbocycles. The van der Waals surface area contributed by atoms with E-state index < -0.39 is 0 Å². The van der Waals surface area contributed by atoms with Crippen LogP contribution < -0.4 is 10.5 Å². The summed E-state index contributed by atoms with van der Waals surface area (Å²) in [4.78, 5) is 0. The van der Waals surface area contributed by atoms with Gasteiger partial charge in [0.05, 0.1) is 11.3 Å². The lowest BCUT2D eigenvalue weighted by Crippen LogP contribution is -2.21. The Hall–Kier alpha value is -1.88. The van der Waals surface area contributed by atoms with Gasteiger partial charge in [0.25, 0.3) is 0 Å². The van der Waals surface area contributed by atoms with Crippen LogP contribution in [0.4, 0.5) is 4.39 Å². The van der Waals surface area contributed by atoms with Gasteiger partial charge in [-0.25, -0.2) is 4.39 Å². The first kappa shape index (κ1) is 15.5. The molecule has 5 heteroatoms. The first-order valence-electron chi connectivity index (χ1n) is 7.09. The Morgan fingerprint density at radius 1 is 1.33 bits per heavy atom. The highest BCUT2D eigenvalue weighted by Gasteiger charge is 2.11. The molecule has 2 rings (SSSR count). The molecule has 4 nitrogen and oxygen atoms in total. The molecule has 114 valence electrons. The maximum Gasteiger partial charge on any atom is 0.140 e. The van der Waals surface area contributed by atoms with E-state index in [0.29, 0.717) is 18.8 Å². The average Bonchev–Trinajstić information content (AvgIpc) is 2.75. The van der Waals surface area contributed by atoms with Crippen LogP contribution in [0.1, 0.15) is 35.9 Å². The van der Waals surface area contributed by atoms with E-state index in [2.05, 4.69) is 5.16 Å². The van der Waals surface area contributed by atoms with Gasteiger partial charge < -0.3 is 15.0 Å². The topological polar surface area (TPSA) is 61.3 Å². The van der Waals surface area contributed by atoms with Crippen molar-refractivity contribution in [2.24, 2.45) is 5.73 Å². The van der Waals surface area contributed by atoms with Gasteiger partial charge in [0, 0.05) is 12.1 Å². The number of rotatable bonds is 6. The van der Waals surface area contributed by atoms with Crippen molar-refractivity contribution in [1.29, 1.82) is 0 Å². The number of hydrogen-bond acceptors (Lipinski definition) is 4. The van der Waals surface area contributed by atoms with E-state index in [9.17, 15) is 4.39 Å². The Morgan fingerprint density at radius 2 is 2.10 bits per heavy atom. The summed E-state index contributed by atoms with van der Waals surface area (Å²) in [6, 6.07) is 4.73. The van der Waals surface area contributed by atoms with Crippen molar-refractivity contribution in [2.75, 3.05) is 0 Å². The molecule has 0 saturated heterocycles. The summed E-state index contributed by atoms with van der Waals surface area (Å²) < 4.78 is 24.4. The number of ether oxygens (including phenoxy) is 1. The zero-order chi connectivity index (χ0) is 15.4. The molecule has 1 unspecified atom stereocenters. The monoisotopic (exact) mass is 292 g/mol. The second-order valence-electron chi connectivity index (χ2n) is 5.26. The second-order valence-corrected chi connectivity index (χ2v) is 5.26. The number of hydrogen-bond donors (Lipinski definition) is 1. The summed E-state index contributed by atoms with van der Waals surface area (Å²) in [6.07, 6.45) is 1.49. The highest BCUT2D eigenvalue weighted by Crippen LogP contribution is 2.21. The molecule has 0 amide bonds. The van der Waals surface area contributed by atoms with Gasteiger partial charge >= 0.3 is 0 Å². The van der Waals surface area contributed by atoms with E-state index in [1.54, 1.807) is 0 Å². The van der Waals surface area contributed by atoms with Crippen LogP contribution >= 0.6 is 0 Å². The number of halogens is 1. The van der Waals surface area contributed by atoms with E-state index in [1.807, 2.05) is 26.8 Å². The fraction of sp³-hybridized carbons (Fsp3) is 0.438. The van der Waals surface area contributed by atoms with Crippen molar-refractivity contribution in [2.45, 2.75) is 46.3 Å². The van der Waals surface area contributed by atoms with Gasteiger partial charge in [-0.15, -0.1) is 0 Å². The molecular weight excluding hydrogens is 271 g/mol. The zero-order valence-electron chi connectivity index (χ0n) is 12.6. The Morgan fingerprint density at radius 3 is 2.71 bits per heavy atom. The zero-order valence-corrected chi connectivity index (χ0v) is 12.6. The average molecular weight is 292 g/mol. The van der Waals surface area contributed by atoms with Crippen LogP contribution in [0.15, 0.2) is 22.7 Å². The number of aryl methyl sites for hydroxylation is 2. The van der Waals surface area contributed by atoms with Crippen LogP contribution in [-0.2, 0) is 13.0 Å². The van der Waals surface area contributed by atoms with Crippen LogP contribution in [-0.4, -0.2) is 11.2 Å². The van der Waals surface area contributed by atoms with Gasteiger partial charge in [-0.3, -0.25) is 0 Å². The van der Waals surface area contributed by atoms with Crippen LogP contribution in [0.25, 0.3) is 0 Å². The molecule has 0 saturated carbocycles. The molecule has 2 aromatic rings. The van der Waals surface area contributed by atoms with Gasteiger partial charge in [0.2, 0.25) is 0 Å². The van der Waals surface area contributed by atoms with Crippen molar-refractivity contribution in [3.63, 3.8) is 0 Å². The molecule has 0 spiro atoms. The summed E-state index contributed by atoms with van der Waals surface area (Å²) in [6.45, 7) is 6.01. The SMILES string of the molecule is CCC(N)Cc1cc(F)cc(OCc2c(C)noc2C)c1. The Balaban J connectivity index is 2.09. The highest BCUT2D eigenvalue weighted by atomic mass is 19.1. The molecule has 21 heavy (non-hydrogen) atoms. The fourth-order valence-corrected chi connectivity index (χ4v) is 2.13. The van der Waals surface area contributed by atoms with E-state index in [-0.39, 0.29) is 11.9 Å². The molecule has 0 bridgehead atoms. The smallest absolute Gasteiger partial charge is 0.140 e. The van der Waals surface area contributed by atoms with Crippen molar-refractivity contribution in [1.82, 2.24) is 5.16 Å². The molecule has 1 atom stereocenters. The Kier molecular flexibility index (Phi) is 4.96. The third-order valence-electron chi connectivity index (χ3n) is 3.52. The van der Waals surface area contributed by atoms with Crippen molar-refractivity contribution in [3.05, 3.63) is 46.6 Å². The number of benzene rings is 1. The largest absolute Gasteiger partial charge is 0.489 e. The van der Waals surface area contributed by atoms with Crippen LogP contribution in [0.5, 0.6) is 5.75 Å². The summed E-state index contributed by atoms with van der Waals surface area (Å²) >= 11 is 0. The third kappa shape index (κ3) is 4.04. The molecule has 0 fully saturated rings. The quantitative estimate of drug-likeness (QED) is 0.887. The number of nitrogens with two attached hydrogens (primary N) is 1. The first-order chi connectivity index (χ1) is 9.99. The molecule has 2 N–H and O–H groups in total. The lowest BCUT2D eigenvalue weighted by atomic mass is 10.0. The Bertz CT molecular complexity index is 591. The minimum atomic E-state index is -0.315.